The Morgan fingerprint density at radius 1 is 0.228 bits per heavy atom. The van der Waals surface area contributed by atoms with Gasteiger partial charge in [-0.15, -0.1) is 0 Å². The van der Waals surface area contributed by atoms with Gasteiger partial charge < -0.3 is 14.4 Å². The molecule has 0 radical (unpaired) electrons. The van der Waals surface area contributed by atoms with Crippen LogP contribution in [0.3, 0.4) is 0 Å². The molecule has 57 heavy (non-hydrogen) atoms. The predicted octanol–water partition coefficient (Wildman–Crippen LogP) is 15.1. The highest BCUT2D eigenvalue weighted by atomic mass is 15.1. The molecule has 1 aromatic heterocycles. The average molecular weight is 732 g/mol. The van der Waals surface area contributed by atoms with E-state index in [2.05, 4.69) is 263 Å². The first-order valence-electron chi connectivity index (χ1n) is 19.4. The van der Waals surface area contributed by atoms with E-state index in [1.807, 2.05) is 0 Å². The fourth-order valence-electron chi connectivity index (χ4n) is 7.59. The van der Waals surface area contributed by atoms with Gasteiger partial charge in [0.2, 0.25) is 0 Å². The van der Waals surface area contributed by atoms with Gasteiger partial charge in [0.1, 0.15) is 0 Å². The smallest absolute Gasteiger partial charge is 0.0541 e. The molecule has 0 amide bonds. The molecule has 0 saturated carbocycles. The molecular weight excluding hydrogens is 691 g/mol. The highest BCUT2D eigenvalue weighted by molar-refractivity contribution is 6.09. The van der Waals surface area contributed by atoms with Crippen LogP contribution >= 0.6 is 0 Å². The van der Waals surface area contributed by atoms with Gasteiger partial charge in [-0.3, -0.25) is 0 Å². The van der Waals surface area contributed by atoms with E-state index in [9.17, 15) is 0 Å². The van der Waals surface area contributed by atoms with Gasteiger partial charge >= 0.3 is 0 Å². The van der Waals surface area contributed by atoms with Crippen LogP contribution in [0.25, 0.3) is 38.6 Å². The van der Waals surface area contributed by atoms with E-state index in [0.29, 0.717) is 0 Å². The van der Waals surface area contributed by atoms with Crippen molar-refractivity contribution in [1.82, 2.24) is 4.57 Å². The predicted molar refractivity (Wildman–Crippen MR) is 242 cm³/mol. The van der Waals surface area contributed by atoms with Gasteiger partial charge in [-0.1, -0.05) is 152 Å². The number of anilines is 6. The molecule has 0 bridgehead atoms. The van der Waals surface area contributed by atoms with E-state index in [0.717, 1.165) is 34.1 Å². The molecule has 0 atom stereocenters. The molecule has 1 heterocycles. The molecule has 10 aromatic rings. The lowest BCUT2D eigenvalue weighted by atomic mass is 10.0. The summed E-state index contributed by atoms with van der Waals surface area (Å²) in [5, 5.41) is 2.61. The molecule has 0 unspecified atom stereocenters. The van der Waals surface area contributed by atoms with E-state index in [1.54, 1.807) is 0 Å². The monoisotopic (exact) mass is 731 g/mol. The van der Waals surface area contributed by atoms with Gasteiger partial charge in [-0.25, -0.2) is 0 Å². The molecule has 3 nitrogen and oxygen atoms in total. The van der Waals surface area contributed by atoms with Crippen molar-refractivity contribution in [2.45, 2.75) is 0 Å². The van der Waals surface area contributed by atoms with Crippen molar-refractivity contribution in [1.29, 1.82) is 0 Å². The van der Waals surface area contributed by atoms with E-state index < -0.39 is 0 Å². The third kappa shape index (κ3) is 7.43. The Labute approximate surface area is 334 Å². The van der Waals surface area contributed by atoms with E-state index in [1.165, 1.54) is 38.6 Å². The standard InChI is InChI=1S/C36H28N2.C18H13N/c1-5-13-31(14-6-1)37(32-15-7-2-8-16-32)35-25-21-29(22-26-35)30-23-27-36(28-24-30)38(33-17-9-3-10-18-33)34-19-11-4-12-20-34;1-2-8-14(9-3-1)19-17-12-6-4-10-15(17)16-11-5-7-13-18(16)19/h1-28H;1-13H. The first kappa shape index (κ1) is 35.1. The van der Waals surface area contributed by atoms with Crippen molar-refractivity contribution in [3.05, 3.63) is 249 Å². The van der Waals surface area contributed by atoms with Crippen LogP contribution in [0.4, 0.5) is 34.1 Å². The van der Waals surface area contributed by atoms with Crippen molar-refractivity contribution < 1.29 is 0 Å². The van der Waals surface area contributed by atoms with E-state index in [4.69, 9.17) is 0 Å². The summed E-state index contributed by atoms with van der Waals surface area (Å²) < 4.78 is 2.32. The summed E-state index contributed by atoms with van der Waals surface area (Å²) in [7, 11) is 0. The van der Waals surface area contributed by atoms with Gasteiger partial charge in [-0.2, -0.15) is 0 Å². The Balaban J connectivity index is 0.000000185. The number of rotatable bonds is 8. The summed E-state index contributed by atoms with van der Waals surface area (Å²) in [5.74, 6) is 0. The molecule has 0 saturated heterocycles. The SMILES string of the molecule is c1ccc(-n2c3ccccc3c3ccccc32)cc1.c1ccc(N(c2ccccc2)c2ccc(-c3ccc(N(c4ccccc4)c4ccccc4)cc3)cc2)cc1. The van der Waals surface area contributed by atoms with Crippen LogP contribution in [-0.4, -0.2) is 4.57 Å². The number of benzene rings is 9. The summed E-state index contributed by atoms with van der Waals surface area (Å²) in [6, 6.07) is 87.3. The Morgan fingerprint density at radius 2 is 0.491 bits per heavy atom. The maximum absolute atomic E-state index is 2.32. The van der Waals surface area contributed by atoms with Crippen LogP contribution in [0.1, 0.15) is 0 Å². The summed E-state index contributed by atoms with van der Waals surface area (Å²) >= 11 is 0. The van der Waals surface area contributed by atoms with Crippen molar-refractivity contribution in [3.63, 3.8) is 0 Å². The molecule has 0 aliphatic rings. The molecular formula is C54H41N3. The summed E-state index contributed by atoms with van der Waals surface area (Å²) in [5.41, 5.74) is 12.9. The van der Waals surface area contributed by atoms with Crippen molar-refractivity contribution in [2.24, 2.45) is 0 Å². The second kappa shape index (κ2) is 16.4. The van der Waals surface area contributed by atoms with Gasteiger partial charge in [0.15, 0.2) is 0 Å². The maximum Gasteiger partial charge on any atom is 0.0541 e. The Hall–Kier alpha value is -7.62. The van der Waals surface area contributed by atoms with E-state index in [-0.39, 0.29) is 0 Å². The summed E-state index contributed by atoms with van der Waals surface area (Å²) in [6.07, 6.45) is 0. The number of hydrogen-bond acceptors (Lipinski definition) is 2. The van der Waals surface area contributed by atoms with Gasteiger partial charge in [0.05, 0.1) is 11.0 Å². The largest absolute Gasteiger partial charge is 0.311 e. The maximum atomic E-state index is 2.32. The summed E-state index contributed by atoms with van der Waals surface area (Å²) in [4.78, 5) is 4.56. The lowest BCUT2D eigenvalue weighted by Gasteiger charge is -2.26. The molecule has 3 heteroatoms. The molecule has 10 rings (SSSR count). The van der Waals surface area contributed by atoms with E-state index >= 15 is 0 Å². The molecule has 272 valence electrons. The third-order valence-corrected chi connectivity index (χ3v) is 10.2. The molecule has 9 aromatic carbocycles. The minimum Gasteiger partial charge on any atom is -0.311 e. The van der Waals surface area contributed by atoms with Crippen LogP contribution < -0.4 is 9.80 Å². The normalized spacial score (nSPS) is 10.8. The van der Waals surface area contributed by atoms with Crippen LogP contribution in [-0.2, 0) is 0 Å². The quantitative estimate of drug-likeness (QED) is 0.154. The number of nitrogens with zero attached hydrogens (tertiary/aromatic N) is 3. The van der Waals surface area contributed by atoms with Crippen molar-refractivity contribution in [3.8, 4) is 16.8 Å². The highest BCUT2D eigenvalue weighted by Crippen LogP contribution is 2.38. The molecule has 0 fully saturated rings. The number of hydrogen-bond donors (Lipinski definition) is 0. The number of aromatic nitrogens is 1. The fraction of sp³-hybridized carbons (Fsp3) is 0. The number of para-hydroxylation sites is 7. The number of fused-ring (bicyclic) bond motifs is 3. The van der Waals surface area contributed by atoms with Crippen LogP contribution in [0, 0.1) is 0 Å². The van der Waals surface area contributed by atoms with Crippen molar-refractivity contribution in [2.75, 3.05) is 9.80 Å². The van der Waals surface area contributed by atoms with Gasteiger partial charge in [-0.05, 0) is 108 Å². The molecule has 0 spiro atoms. The van der Waals surface area contributed by atoms with Gasteiger partial charge in [0, 0.05) is 50.6 Å². The minimum atomic E-state index is 1.13. The molecule has 0 aliphatic heterocycles. The first-order chi connectivity index (χ1) is 28.3. The fourth-order valence-corrected chi connectivity index (χ4v) is 7.59. The van der Waals surface area contributed by atoms with Crippen LogP contribution in [0.5, 0.6) is 0 Å². The minimum absolute atomic E-state index is 1.13. The van der Waals surface area contributed by atoms with Crippen LogP contribution in [0.2, 0.25) is 0 Å². The van der Waals surface area contributed by atoms with Crippen LogP contribution in [0.15, 0.2) is 249 Å². The molecule has 0 N–H and O–H groups in total. The Bertz CT molecular complexity index is 2540. The highest BCUT2D eigenvalue weighted by Gasteiger charge is 2.14. The zero-order valence-electron chi connectivity index (χ0n) is 31.5. The molecule has 0 aliphatic carbocycles. The zero-order valence-corrected chi connectivity index (χ0v) is 31.5. The average Bonchev–Trinajstić information content (AvgIpc) is 3.64. The third-order valence-electron chi connectivity index (χ3n) is 10.2. The topological polar surface area (TPSA) is 11.4 Å². The van der Waals surface area contributed by atoms with Gasteiger partial charge in [0.25, 0.3) is 0 Å². The second-order valence-corrected chi connectivity index (χ2v) is 13.8. The lowest BCUT2D eigenvalue weighted by Crippen LogP contribution is -2.09. The summed E-state index contributed by atoms with van der Waals surface area (Å²) in [6.45, 7) is 0. The second-order valence-electron chi connectivity index (χ2n) is 13.8. The Morgan fingerprint density at radius 3 is 0.825 bits per heavy atom. The zero-order chi connectivity index (χ0) is 38.2. The Kier molecular flexibility index (Phi) is 10.1. The lowest BCUT2D eigenvalue weighted by molar-refractivity contribution is 1.18. The van der Waals surface area contributed by atoms with Crippen molar-refractivity contribution >= 4 is 55.9 Å². The first-order valence-corrected chi connectivity index (χ1v) is 19.4.